The Bertz CT molecular complexity index is 1390. The fraction of sp³-hybridized carbons (Fsp3) is 0.129. The Morgan fingerprint density at radius 2 is 1.41 bits per heavy atom. The van der Waals surface area contributed by atoms with Crippen LogP contribution in [-0.4, -0.2) is 30.2 Å². The van der Waals surface area contributed by atoms with Crippen LogP contribution in [0.3, 0.4) is 0 Å². The normalized spacial score (nSPS) is 16.0. The van der Waals surface area contributed by atoms with Crippen LogP contribution in [0.2, 0.25) is 0 Å². The average Bonchev–Trinajstić information content (AvgIpc) is 2.99. The summed E-state index contributed by atoms with van der Waals surface area (Å²) in [4.78, 5) is 37.4. The van der Waals surface area contributed by atoms with Crippen LogP contribution in [0.4, 0.5) is 4.79 Å². The van der Waals surface area contributed by atoms with Crippen LogP contribution in [0, 0.1) is 0 Å². The number of esters is 1. The molecular weight excluding hydrogens is 496 g/mol. The van der Waals surface area contributed by atoms with Crippen LogP contribution >= 0.6 is 0 Å². The van der Waals surface area contributed by atoms with Gasteiger partial charge in [0.25, 0.3) is 5.91 Å². The second-order valence-electron chi connectivity index (χ2n) is 8.87. The molecule has 0 spiro atoms. The van der Waals surface area contributed by atoms with Crippen molar-refractivity contribution in [1.29, 1.82) is 0 Å². The maximum atomic E-state index is 13.2. The summed E-state index contributed by atoms with van der Waals surface area (Å²) < 4.78 is 17.0. The molecule has 1 heterocycles. The first-order valence-corrected chi connectivity index (χ1v) is 12.4. The van der Waals surface area contributed by atoms with E-state index in [1.165, 1.54) is 6.07 Å². The number of carbonyl (C=O) groups is 3. The van der Waals surface area contributed by atoms with Gasteiger partial charge in [0, 0.05) is 0 Å². The van der Waals surface area contributed by atoms with E-state index in [2.05, 4.69) is 10.6 Å². The van der Waals surface area contributed by atoms with Gasteiger partial charge in [-0.25, -0.2) is 9.59 Å². The number of rotatable bonds is 9. The second kappa shape index (κ2) is 12.0. The predicted octanol–water partition coefficient (Wildman–Crippen LogP) is 4.76. The summed E-state index contributed by atoms with van der Waals surface area (Å²) in [5.41, 5.74) is 2.79. The summed E-state index contributed by atoms with van der Waals surface area (Å²) in [5, 5.41) is 5.11. The highest BCUT2D eigenvalue weighted by molar-refractivity contribution is 5.92. The fourth-order valence-electron chi connectivity index (χ4n) is 4.09. The molecule has 0 aliphatic carbocycles. The van der Waals surface area contributed by atoms with Gasteiger partial charge in [-0.1, -0.05) is 97.1 Å². The summed E-state index contributed by atoms with van der Waals surface area (Å²) >= 11 is 0. The highest BCUT2D eigenvalue weighted by Gasteiger charge is 2.43. The molecule has 5 rings (SSSR count). The number of benzene rings is 4. The van der Waals surface area contributed by atoms with E-state index in [0.29, 0.717) is 5.75 Å². The van der Waals surface area contributed by atoms with E-state index in [1.807, 2.05) is 91.0 Å². The molecule has 2 atom stereocenters. The van der Waals surface area contributed by atoms with Gasteiger partial charge in [0.15, 0.2) is 12.1 Å². The number of alkyl carbamates (subject to hydrolysis) is 1. The predicted molar refractivity (Wildman–Crippen MR) is 143 cm³/mol. The van der Waals surface area contributed by atoms with E-state index in [0.717, 1.165) is 16.7 Å². The molecule has 1 saturated heterocycles. The third-order valence-corrected chi connectivity index (χ3v) is 6.12. The monoisotopic (exact) mass is 522 g/mol. The Morgan fingerprint density at radius 1 is 0.795 bits per heavy atom. The van der Waals surface area contributed by atoms with Gasteiger partial charge in [0.2, 0.25) is 6.23 Å². The number of β-lactam (4-membered cyclic amide) rings is 1. The lowest BCUT2D eigenvalue weighted by atomic mass is 10.0. The summed E-state index contributed by atoms with van der Waals surface area (Å²) in [6.07, 6.45) is -2.15. The number of hydrogen-bond acceptors (Lipinski definition) is 6. The number of nitrogens with one attached hydrogen (secondary N) is 2. The molecule has 0 unspecified atom stereocenters. The van der Waals surface area contributed by atoms with Gasteiger partial charge in [-0.3, -0.25) is 4.79 Å². The molecular formula is C31H26N2O6. The molecule has 1 aliphatic rings. The Kier molecular flexibility index (Phi) is 7.83. The first-order chi connectivity index (χ1) is 19.1. The van der Waals surface area contributed by atoms with Crippen LogP contribution in [0.25, 0.3) is 0 Å². The molecule has 0 aromatic heterocycles. The zero-order valence-electron chi connectivity index (χ0n) is 20.9. The minimum atomic E-state index is -0.940. The van der Waals surface area contributed by atoms with E-state index in [1.54, 1.807) is 18.2 Å². The van der Waals surface area contributed by atoms with Gasteiger partial charge in [-0.2, -0.15) is 0 Å². The highest BCUT2D eigenvalue weighted by Crippen LogP contribution is 2.28. The second-order valence-corrected chi connectivity index (χ2v) is 8.87. The van der Waals surface area contributed by atoms with Crippen molar-refractivity contribution in [3.63, 3.8) is 0 Å². The third kappa shape index (κ3) is 6.42. The minimum Gasteiger partial charge on any atom is -0.468 e. The molecule has 1 aliphatic heterocycles. The molecule has 8 nitrogen and oxygen atoms in total. The van der Waals surface area contributed by atoms with E-state index in [9.17, 15) is 14.4 Å². The van der Waals surface area contributed by atoms with Gasteiger partial charge < -0.3 is 24.8 Å². The van der Waals surface area contributed by atoms with Crippen molar-refractivity contribution in [2.24, 2.45) is 0 Å². The molecule has 0 saturated carbocycles. The summed E-state index contributed by atoms with van der Waals surface area (Å²) in [5.74, 6) is -0.606. The van der Waals surface area contributed by atoms with Gasteiger partial charge in [-0.05, 0) is 34.9 Å². The molecule has 4 aromatic carbocycles. The lowest BCUT2D eigenvalue weighted by Crippen LogP contribution is -2.71. The van der Waals surface area contributed by atoms with Crippen LogP contribution in [0.15, 0.2) is 115 Å². The van der Waals surface area contributed by atoms with E-state index >= 15 is 0 Å². The van der Waals surface area contributed by atoms with Crippen LogP contribution in [0.1, 0.15) is 33.2 Å². The van der Waals surface area contributed by atoms with Crippen LogP contribution in [-0.2, 0) is 20.9 Å². The molecule has 1 fully saturated rings. The van der Waals surface area contributed by atoms with Crippen molar-refractivity contribution in [3.8, 4) is 5.75 Å². The number of ether oxygens (including phenoxy) is 3. The van der Waals surface area contributed by atoms with Crippen molar-refractivity contribution in [1.82, 2.24) is 10.6 Å². The Balaban J connectivity index is 1.22. The van der Waals surface area contributed by atoms with E-state index in [-0.39, 0.29) is 12.2 Å². The third-order valence-electron chi connectivity index (χ3n) is 6.12. The standard InChI is InChI=1S/C31H26N2O6/c34-28-26(32-31(36)37-20-21-11-4-1-5-12-21)29(33-28)38-25-18-10-17-24(19-25)30(35)39-27(22-13-6-2-7-14-22)23-15-8-3-9-16-23/h1-19,26-27,29H,20H2,(H,32,36)(H,33,34)/t26-,29-/m1/s1. The lowest BCUT2D eigenvalue weighted by Gasteiger charge is -2.36. The molecule has 39 heavy (non-hydrogen) atoms. The summed E-state index contributed by atoms with van der Waals surface area (Å²) in [6.45, 7) is 0.0731. The van der Waals surface area contributed by atoms with Gasteiger partial charge in [0.05, 0.1) is 5.56 Å². The van der Waals surface area contributed by atoms with Crippen molar-refractivity contribution in [2.45, 2.75) is 25.0 Å². The molecule has 0 radical (unpaired) electrons. The molecule has 8 heteroatoms. The topological polar surface area (TPSA) is 103 Å². The number of hydrogen-bond donors (Lipinski definition) is 2. The maximum Gasteiger partial charge on any atom is 0.408 e. The Labute approximate surface area is 225 Å². The molecule has 4 aromatic rings. The van der Waals surface area contributed by atoms with Gasteiger partial charge in [0.1, 0.15) is 12.4 Å². The van der Waals surface area contributed by atoms with Gasteiger partial charge >= 0.3 is 12.1 Å². The molecule has 2 N–H and O–H groups in total. The number of carbonyl (C=O) groups excluding carboxylic acids is 3. The fourth-order valence-corrected chi connectivity index (χ4v) is 4.09. The number of amides is 2. The van der Waals surface area contributed by atoms with Crippen molar-refractivity contribution >= 4 is 18.0 Å². The lowest BCUT2D eigenvalue weighted by molar-refractivity contribution is -0.139. The van der Waals surface area contributed by atoms with E-state index < -0.39 is 36.3 Å². The minimum absolute atomic E-state index is 0.0731. The zero-order valence-corrected chi connectivity index (χ0v) is 20.9. The molecule has 0 bridgehead atoms. The SMILES string of the molecule is O=C(N[C@@H]1C(=O)N[C@@H]1Oc1cccc(C(=O)OC(c2ccccc2)c2ccccc2)c1)OCc1ccccc1. The van der Waals surface area contributed by atoms with Crippen LogP contribution < -0.4 is 15.4 Å². The maximum absolute atomic E-state index is 13.2. The summed E-state index contributed by atoms with van der Waals surface area (Å²) in [6, 6.07) is 33.7. The quantitative estimate of drug-likeness (QED) is 0.243. The smallest absolute Gasteiger partial charge is 0.408 e. The zero-order chi connectivity index (χ0) is 27.0. The van der Waals surface area contributed by atoms with Crippen molar-refractivity contribution in [3.05, 3.63) is 138 Å². The molecule has 196 valence electrons. The first kappa shape index (κ1) is 25.5. The van der Waals surface area contributed by atoms with E-state index in [4.69, 9.17) is 14.2 Å². The van der Waals surface area contributed by atoms with Crippen molar-refractivity contribution < 1.29 is 28.6 Å². The highest BCUT2D eigenvalue weighted by atomic mass is 16.6. The average molecular weight is 523 g/mol. The Hall–Kier alpha value is -5.11. The largest absolute Gasteiger partial charge is 0.468 e. The first-order valence-electron chi connectivity index (χ1n) is 12.4. The van der Waals surface area contributed by atoms with Gasteiger partial charge in [-0.15, -0.1) is 0 Å². The molecule has 2 amide bonds. The van der Waals surface area contributed by atoms with Crippen LogP contribution in [0.5, 0.6) is 5.75 Å². The van der Waals surface area contributed by atoms with Crippen molar-refractivity contribution in [2.75, 3.05) is 0 Å². The Morgan fingerprint density at radius 3 is 2.03 bits per heavy atom. The summed E-state index contributed by atoms with van der Waals surface area (Å²) in [7, 11) is 0.